The normalized spacial score (nSPS) is 16.7. The number of hydrogen-bond donors (Lipinski definition) is 0. The van der Waals surface area contributed by atoms with E-state index >= 15 is 0 Å². The van der Waals surface area contributed by atoms with Gasteiger partial charge in [-0.15, -0.1) is 0 Å². The van der Waals surface area contributed by atoms with E-state index in [1.165, 1.54) is 5.57 Å². The standard InChI is InChI=1S/C11H22/c1-7-8-9(2)10(3)11(4,5)6/h8,10H,7H2,1-6H3/b9-8+. The van der Waals surface area contributed by atoms with Gasteiger partial charge in [0.2, 0.25) is 0 Å². The van der Waals surface area contributed by atoms with Crippen molar-refractivity contribution >= 4 is 0 Å². The summed E-state index contributed by atoms with van der Waals surface area (Å²) in [6, 6.07) is 0. The predicted molar refractivity (Wildman–Crippen MR) is 52.7 cm³/mol. The van der Waals surface area contributed by atoms with Gasteiger partial charge in [-0.2, -0.15) is 0 Å². The molecule has 0 fully saturated rings. The van der Waals surface area contributed by atoms with Gasteiger partial charge in [0.05, 0.1) is 0 Å². The Bertz CT molecular complexity index is 135. The van der Waals surface area contributed by atoms with Crippen LogP contribution in [0.15, 0.2) is 11.6 Å². The van der Waals surface area contributed by atoms with Crippen LogP contribution >= 0.6 is 0 Å². The van der Waals surface area contributed by atoms with Gasteiger partial charge in [0, 0.05) is 0 Å². The molecular formula is C11H22. The summed E-state index contributed by atoms with van der Waals surface area (Å²) in [5.41, 5.74) is 1.94. The van der Waals surface area contributed by atoms with Gasteiger partial charge in [-0.3, -0.25) is 0 Å². The monoisotopic (exact) mass is 154 g/mol. The summed E-state index contributed by atoms with van der Waals surface area (Å²) >= 11 is 0. The number of hydrogen-bond acceptors (Lipinski definition) is 0. The summed E-state index contributed by atoms with van der Waals surface area (Å²) in [5.74, 6) is 0.697. The van der Waals surface area contributed by atoms with Crippen LogP contribution in [0.5, 0.6) is 0 Å². The van der Waals surface area contributed by atoms with Gasteiger partial charge in [0.15, 0.2) is 0 Å². The Labute approximate surface area is 71.7 Å². The van der Waals surface area contributed by atoms with Crippen molar-refractivity contribution in [1.82, 2.24) is 0 Å². The van der Waals surface area contributed by atoms with E-state index in [0.717, 1.165) is 6.42 Å². The van der Waals surface area contributed by atoms with Crippen molar-refractivity contribution in [3.8, 4) is 0 Å². The van der Waals surface area contributed by atoms with Crippen LogP contribution in [0.2, 0.25) is 0 Å². The van der Waals surface area contributed by atoms with E-state index in [0.29, 0.717) is 11.3 Å². The fraction of sp³-hybridized carbons (Fsp3) is 0.818. The lowest BCUT2D eigenvalue weighted by Crippen LogP contribution is -2.18. The second-order valence-corrected chi connectivity index (χ2v) is 4.44. The van der Waals surface area contributed by atoms with E-state index in [-0.39, 0.29) is 0 Å². The zero-order valence-corrected chi connectivity index (χ0v) is 8.86. The van der Waals surface area contributed by atoms with E-state index in [2.05, 4.69) is 47.6 Å². The van der Waals surface area contributed by atoms with Crippen LogP contribution in [0.4, 0.5) is 0 Å². The molecule has 0 heteroatoms. The fourth-order valence-electron chi connectivity index (χ4n) is 1.18. The zero-order valence-electron chi connectivity index (χ0n) is 8.86. The Hall–Kier alpha value is -0.260. The summed E-state index contributed by atoms with van der Waals surface area (Å²) in [6.07, 6.45) is 3.49. The Morgan fingerprint density at radius 3 is 2.09 bits per heavy atom. The first-order chi connectivity index (χ1) is 4.89. The Morgan fingerprint density at radius 2 is 1.82 bits per heavy atom. The molecule has 0 spiro atoms. The molecule has 0 N–H and O–H groups in total. The number of allylic oxidation sites excluding steroid dienone is 2. The van der Waals surface area contributed by atoms with Crippen LogP contribution in [0.25, 0.3) is 0 Å². The lowest BCUT2D eigenvalue weighted by Gasteiger charge is -2.28. The van der Waals surface area contributed by atoms with Crippen molar-refractivity contribution < 1.29 is 0 Å². The lowest BCUT2D eigenvalue weighted by molar-refractivity contribution is 0.300. The van der Waals surface area contributed by atoms with Gasteiger partial charge >= 0.3 is 0 Å². The summed E-state index contributed by atoms with van der Waals surface area (Å²) in [5, 5.41) is 0. The van der Waals surface area contributed by atoms with Gasteiger partial charge in [0.25, 0.3) is 0 Å². The molecule has 11 heavy (non-hydrogen) atoms. The second-order valence-electron chi connectivity index (χ2n) is 4.44. The van der Waals surface area contributed by atoms with Crippen LogP contribution in [0.1, 0.15) is 48.0 Å². The first kappa shape index (κ1) is 10.7. The fourth-order valence-corrected chi connectivity index (χ4v) is 1.18. The van der Waals surface area contributed by atoms with Crippen molar-refractivity contribution in [1.29, 1.82) is 0 Å². The molecule has 0 aromatic heterocycles. The summed E-state index contributed by atoms with van der Waals surface area (Å²) in [4.78, 5) is 0. The molecule has 0 heterocycles. The van der Waals surface area contributed by atoms with Crippen LogP contribution in [-0.4, -0.2) is 0 Å². The predicted octanol–water partition coefficient (Wildman–Crippen LogP) is 4.02. The van der Waals surface area contributed by atoms with Crippen LogP contribution in [0.3, 0.4) is 0 Å². The Kier molecular flexibility index (Phi) is 3.85. The third-order valence-electron chi connectivity index (χ3n) is 2.51. The van der Waals surface area contributed by atoms with Gasteiger partial charge in [-0.1, -0.05) is 46.3 Å². The maximum Gasteiger partial charge on any atom is -0.0186 e. The molecule has 0 saturated carbocycles. The van der Waals surface area contributed by atoms with E-state index in [1.54, 1.807) is 0 Å². The quantitative estimate of drug-likeness (QED) is 0.527. The first-order valence-electron chi connectivity index (χ1n) is 4.56. The maximum atomic E-state index is 2.33. The SMILES string of the molecule is CC/C=C(\C)C(C)C(C)(C)C. The van der Waals surface area contributed by atoms with Crippen molar-refractivity contribution in [3.05, 3.63) is 11.6 Å². The van der Waals surface area contributed by atoms with E-state index in [1.807, 2.05) is 0 Å². The summed E-state index contributed by atoms with van der Waals surface area (Å²) < 4.78 is 0. The molecule has 66 valence electrons. The average Bonchev–Trinajstić information content (AvgIpc) is 1.85. The van der Waals surface area contributed by atoms with Crippen molar-refractivity contribution in [2.75, 3.05) is 0 Å². The highest BCUT2D eigenvalue weighted by Gasteiger charge is 2.20. The molecule has 0 saturated heterocycles. The highest BCUT2D eigenvalue weighted by molar-refractivity contribution is 5.04. The molecule has 0 radical (unpaired) electrons. The van der Waals surface area contributed by atoms with Gasteiger partial charge in [-0.05, 0) is 24.7 Å². The third-order valence-corrected chi connectivity index (χ3v) is 2.51. The van der Waals surface area contributed by atoms with E-state index < -0.39 is 0 Å². The van der Waals surface area contributed by atoms with Crippen molar-refractivity contribution in [2.45, 2.75) is 48.0 Å². The zero-order chi connectivity index (χ0) is 9.07. The molecule has 0 aromatic rings. The van der Waals surface area contributed by atoms with Gasteiger partial charge in [0.1, 0.15) is 0 Å². The van der Waals surface area contributed by atoms with E-state index in [9.17, 15) is 0 Å². The van der Waals surface area contributed by atoms with Crippen molar-refractivity contribution in [3.63, 3.8) is 0 Å². The minimum absolute atomic E-state index is 0.412. The topological polar surface area (TPSA) is 0 Å². The molecule has 0 aliphatic heterocycles. The van der Waals surface area contributed by atoms with Crippen LogP contribution in [-0.2, 0) is 0 Å². The van der Waals surface area contributed by atoms with Crippen LogP contribution < -0.4 is 0 Å². The molecule has 0 amide bonds. The summed E-state index contributed by atoms with van der Waals surface area (Å²) in [7, 11) is 0. The Morgan fingerprint density at radius 1 is 1.36 bits per heavy atom. The van der Waals surface area contributed by atoms with Gasteiger partial charge in [-0.25, -0.2) is 0 Å². The highest BCUT2D eigenvalue weighted by atomic mass is 14.3. The lowest BCUT2D eigenvalue weighted by atomic mass is 9.78. The highest BCUT2D eigenvalue weighted by Crippen LogP contribution is 2.31. The smallest absolute Gasteiger partial charge is 0.0186 e. The second kappa shape index (κ2) is 3.94. The molecule has 0 aliphatic rings. The molecule has 0 rings (SSSR count). The van der Waals surface area contributed by atoms with Gasteiger partial charge < -0.3 is 0 Å². The molecule has 1 atom stereocenters. The molecule has 0 aliphatic carbocycles. The number of rotatable bonds is 2. The third kappa shape index (κ3) is 3.60. The minimum Gasteiger partial charge on any atom is -0.0856 e. The van der Waals surface area contributed by atoms with Crippen LogP contribution in [0, 0.1) is 11.3 Å². The molecule has 1 unspecified atom stereocenters. The summed E-state index contributed by atoms with van der Waals surface area (Å²) in [6.45, 7) is 13.6. The Balaban J connectivity index is 4.25. The average molecular weight is 154 g/mol. The first-order valence-corrected chi connectivity index (χ1v) is 4.56. The molecule has 0 bridgehead atoms. The molecule has 0 nitrogen and oxygen atoms in total. The van der Waals surface area contributed by atoms with Crippen molar-refractivity contribution in [2.24, 2.45) is 11.3 Å². The molecule has 0 aromatic carbocycles. The molecular weight excluding hydrogens is 132 g/mol. The largest absolute Gasteiger partial charge is 0.0856 e. The maximum absolute atomic E-state index is 2.33. The minimum atomic E-state index is 0.412. The van der Waals surface area contributed by atoms with E-state index in [4.69, 9.17) is 0 Å².